The van der Waals surface area contributed by atoms with E-state index in [1.54, 1.807) is 36.1 Å². The van der Waals surface area contributed by atoms with Gasteiger partial charge in [-0.1, -0.05) is 6.07 Å². The maximum absolute atomic E-state index is 16.5. The molecule has 17 heteroatoms. The number of sulfonamides is 1. The number of pyridine rings is 3. The first-order valence-corrected chi connectivity index (χ1v) is 17.6. The van der Waals surface area contributed by atoms with E-state index in [0.717, 1.165) is 38.5 Å². The number of methoxy groups -OCH3 is 1. The molecule has 1 atom stereocenters. The second-order valence-corrected chi connectivity index (χ2v) is 14.6. The predicted molar refractivity (Wildman–Crippen MR) is 182 cm³/mol. The summed E-state index contributed by atoms with van der Waals surface area (Å²) in [5, 5.41) is 5.32. The third-order valence-corrected chi connectivity index (χ3v) is 9.73. The monoisotopic (exact) mass is 740 g/mol. The Bertz CT molecular complexity index is 2240. The molecule has 5 aromatic rings. The molecule has 1 aliphatic rings. The fourth-order valence-corrected chi connectivity index (χ4v) is 7.23. The van der Waals surface area contributed by atoms with Crippen molar-refractivity contribution in [2.45, 2.75) is 70.3 Å². The molecule has 274 valence electrons. The van der Waals surface area contributed by atoms with E-state index in [9.17, 15) is 17.6 Å². The molecule has 0 radical (unpaired) electrons. The summed E-state index contributed by atoms with van der Waals surface area (Å²) in [7, 11) is -4.12. The number of carbonyl (C=O) groups excluding carboxylic acids is 1. The van der Waals surface area contributed by atoms with Gasteiger partial charge in [-0.15, -0.1) is 0 Å². The molecule has 1 aliphatic heterocycles. The van der Waals surface area contributed by atoms with Gasteiger partial charge in [0, 0.05) is 36.2 Å². The van der Waals surface area contributed by atoms with Gasteiger partial charge in [0.25, 0.3) is 10.0 Å². The highest BCUT2D eigenvalue weighted by Gasteiger charge is 2.40. The van der Waals surface area contributed by atoms with E-state index >= 15 is 8.78 Å². The van der Waals surface area contributed by atoms with Crippen LogP contribution in [0.4, 0.5) is 23.7 Å². The van der Waals surface area contributed by atoms with Crippen LogP contribution >= 0.6 is 0 Å². The molecule has 4 aromatic heterocycles. The Hall–Kier alpha value is -5.29. The van der Waals surface area contributed by atoms with Crippen molar-refractivity contribution in [1.82, 2.24) is 24.7 Å². The van der Waals surface area contributed by atoms with Crippen molar-refractivity contribution in [1.29, 1.82) is 0 Å². The zero-order valence-corrected chi connectivity index (χ0v) is 29.7. The Morgan fingerprint density at radius 1 is 1.10 bits per heavy atom. The van der Waals surface area contributed by atoms with Crippen molar-refractivity contribution in [3.05, 3.63) is 83.8 Å². The van der Waals surface area contributed by atoms with E-state index in [1.165, 1.54) is 27.0 Å². The second-order valence-electron chi connectivity index (χ2n) is 12.8. The Morgan fingerprint density at radius 3 is 2.56 bits per heavy atom. The van der Waals surface area contributed by atoms with E-state index in [1.807, 2.05) is 0 Å². The van der Waals surface area contributed by atoms with Crippen LogP contribution in [0.25, 0.3) is 22.2 Å². The molecular weight excluding hydrogens is 705 g/mol. The van der Waals surface area contributed by atoms with Gasteiger partial charge in [-0.25, -0.2) is 41.0 Å². The Kier molecular flexibility index (Phi) is 10.1. The highest BCUT2D eigenvalue weighted by Crippen LogP contribution is 2.40. The van der Waals surface area contributed by atoms with Gasteiger partial charge >= 0.3 is 6.09 Å². The van der Waals surface area contributed by atoms with Crippen LogP contribution in [0.2, 0.25) is 0 Å². The van der Waals surface area contributed by atoms with Crippen molar-refractivity contribution in [2.24, 2.45) is 0 Å². The molecule has 1 saturated heterocycles. The van der Waals surface area contributed by atoms with E-state index in [2.05, 4.69) is 15.0 Å². The Balaban J connectivity index is 1.44. The summed E-state index contributed by atoms with van der Waals surface area (Å²) in [6.07, 6.45) is 6.03. The zero-order chi connectivity index (χ0) is 37.4. The second kappa shape index (κ2) is 14.4. The molecule has 1 unspecified atom stereocenters. The summed E-state index contributed by atoms with van der Waals surface area (Å²) < 4.78 is 98.3. The average Bonchev–Trinajstić information content (AvgIpc) is 3.45. The summed E-state index contributed by atoms with van der Waals surface area (Å²) in [4.78, 5) is 25.1. The maximum Gasteiger partial charge on any atom is 0.429 e. The van der Waals surface area contributed by atoms with Gasteiger partial charge in [0.15, 0.2) is 22.6 Å². The van der Waals surface area contributed by atoms with Crippen LogP contribution in [0, 0.1) is 24.4 Å². The normalized spacial score (nSPS) is 15.0. The van der Waals surface area contributed by atoms with Gasteiger partial charge in [-0.2, -0.15) is 9.40 Å². The molecule has 1 fully saturated rings. The topological polar surface area (TPSA) is 148 Å². The summed E-state index contributed by atoms with van der Waals surface area (Å²) >= 11 is 0. The van der Waals surface area contributed by atoms with Gasteiger partial charge in [0.05, 0.1) is 36.1 Å². The number of hydrogen-bond donors (Lipinski definition) is 0. The van der Waals surface area contributed by atoms with Crippen molar-refractivity contribution in [2.75, 3.05) is 18.0 Å². The molecule has 13 nitrogen and oxygen atoms in total. The lowest BCUT2D eigenvalue weighted by molar-refractivity contribution is -0.0371. The molecular formula is C35H35F3N6O7S. The maximum atomic E-state index is 16.5. The first kappa shape index (κ1) is 36.5. The Morgan fingerprint density at radius 2 is 1.88 bits per heavy atom. The van der Waals surface area contributed by atoms with Gasteiger partial charge in [0.1, 0.15) is 35.3 Å². The number of anilines is 1. The smallest absolute Gasteiger partial charge is 0.429 e. The zero-order valence-electron chi connectivity index (χ0n) is 28.9. The lowest BCUT2D eigenvalue weighted by atomic mass is 10.0. The molecule has 5 heterocycles. The van der Waals surface area contributed by atoms with Gasteiger partial charge in [-0.05, 0) is 65.2 Å². The molecule has 1 aromatic carbocycles. The number of nitrogens with zero attached hydrogens (tertiary/aromatic N) is 6. The van der Waals surface area contributed by atoms with E-state index in [0.29, 0.717) is 46.7 Å². The third-order valence-electron chi connectivity index (χ3n) is 8.05. The minimum absolute atomic E-state index is 0.0325. The highest BCUT2D eigenvalue weighted by atomic mass is 32.2. The number of benzene rings is 1. The summed E-state index contributed by atoms with van der Waals surface area (Å²) in [5.74, 6) is -4.12. The van der Waals surface area contributed by atoms with Crippen LogP contribution in [0.1, 0.15) is 57.5 Å². The lowest BCUT2D eigenvalue weighted by Crippen LogP contribution is -2.42. The minimum atomic E-state index is -5.20. The number of hydrogen-bond acceptors (Lipinski definition) is 11. The number of amides is 1. The largest absolute Gasteiger partial charge is 0.486 e. The van der Waals surface area contributed by atoms with Crippen LogP contribution in [0.3, 0.4) is 0 Å². The third kappa shape index (κ3) is 7.10. The van der Waals surface area contributed by atoms with Crippen LogP contribution in [0.5, 0.6) is 11.6 Å². The molecule has 0 spiro atoms. The predicted octanol–water partition coefficient (Wildman–Crippen LogP) is 7.03. The quantitative estimate of drug-likeness (QED) is 0.153. The number of rotatable bonds is 9. The molecule has 1 amide bonds. The first-order chi connectivity index (χ1) is 24.7. The number of fused-ring (bicyclic) bond motifs is 1. The standard InChI is InChI=1S/C35H35F3N6O7S/c1-20-29-30(21-9-8-13-39-16-21)26(18-40-32(29)43(42-20)28-10-6-7-14-49-28)50-19-23-24(37)11-12-25(31(23)38)44(34(45)51-35(2,3)4)52(46,47)27-15-22(36)17-41-33(27)48-5/h8-9,11-13,15-18,28H,6-7,10,14,19H2,1-5H3. The average molecular weight is 741 g/mol. The van der Waals surface area contributed by atoms with E-state index in [-0.39, 0.29) is 16.3 Å². The van der Waals surface area contributed by atoms with Crippen LogP contribution in [-0.4, -0.2) is 58.6 Å². The molecule has 0 aliphatic carbocycles. The number of ether oxygens (including phenoxy) is 4. The van der Waals surface area contributed by atoms with Crippen LogP contribution in [-0.2, 0) is 26.1 Å². The van der Waals surface area contributed by atoms with E-state index < -0.39 is 67.8 Å². The van der Waals surface area contributed by atoms with Crippen LogP contribution < -0.4 is 13.8 Å². The summed E-state index contributed by atoms with van der Waals surface area (Å²) in [6, 6.07) is 5.57. The fraction of sp³-hybridized carbons (Fsp3) is 0.343. The molecule has 0 saturated carbocycles. The van der Waals surface area contributed by atoms with Gasteiger partial charge in [0.2, 0.25) is 5.88 Å². The number of halogens is 3. The molecule has 52 heavy (non-hydrogen) atoms. The van der Waals surface area contributed by atoms with Crippen LogP contribution in [0.15, 0.2) is 60.0 Å². The number of aromatic nitrogens is 5. The van der Waals surface area contributed by atoms with Crippen molar-refractivity contribution in [3.63, 3.8) is 0 Å². The molecule has 0 N–H and O–H groups in total. The highest BCUT2D eigenvalue weighted by molar-refractivity contribution is 7.93. The Labute approximate surface area is 297 Å². The summed E-state index contributed by atoms with van der Waals surface area (Å²) in [6.45, 7) is 5.97. The lowest BCUT2D eigenvalue weighted by Gasteiger charge is -2.28. The van der Waals surface area contributed by atoms with Gasteiger partial charge < -0.3 is 18.9 Å². The summed E-state index contributed by atoms with van der Waals surface area (Å²) in [5.41, 5.74) is -0.709. The molecule has 6 rings (SSSR count). The SMILES string of the molecule is COc1ncc(F)cc1S(=O)(=O)N(C(=O)OC(C)(C)C)c1ccc(F)c(COc2cnc3c(c(C)nn3C3CCCCO3)c2-c2cccnc2)c1F. The molecule has 0 bridgehead atoms. The van der Waals surface area contributed by atoms with Gasteiger partial charge in [-0.3, -0.25) is 4.98 Å². The minimum Gasteiger partial charge on any atom is -0.486 e. The van der Waals surface area contributed by atoms with E-state index in [4.69, 9.17) is 24.0 Å². The van der Waals surface area contributed by atoms with Crippen molar-refractivity contribution in [3.8, 4) is 22.8 Å². The fourth-order valence-electron chi connectivity index (χ4n) is 5.78. The number of carbonyl (C=O) groups is 1. The number of aryl methyl sites for hydroxylation is 1. The van der Waals surface area contributed by atoms with Crippen molar-refractivity contribution < 1.29 is 45.3 Å². The van der Waals surface area contributed by atoms with Crippen molar-refractivity contribution >= 4 is 32.8 Å². The first-order valence-electron chi connectivity index (χ1n) is 16.2.